The standard InChI is InChI=1S/C16H24N2O2/c1-11(2)18-7-6-13(10-18)9-17-16(20)14-8-12(3)4-5-15(14)19/h4-5,8,11,13,19H,6-7,9-10H2,1-3H3,(H,17,20). The van der Waals surface area contributed by atoms with Crippen LogP contribution in [0.5, 0.6) is 5.75 Å². The van der Waals surface area contributed by atoms with Crippen molar-refractivity contribution in [2.45, 2.75) is 33.2 Å². The molecular weight excluding hydrogens is 252 g/mol. The number of phenolic OH excluding ortho intramolecular Hbond substituents is 1. The van der Waals surface area contributed by atoms with E-state index in [4.69, 9.17) is 0 Å². The van der Waals surface area contributed by atoms with Crippen LogP contribution in [0.4, 0.5) is 0 Å². The summed E-state index contributed by atoms with van der Waals surface area (Å²) in [6.07, 6.45) is 1.12. The maximum atomic E-state index is 12.1. The molecule has 2 N–H and O–H groups in total. The summed E-state index contributed by atoms with van der Waals surface area (Å²) in [5, 5.41) is 12.7. The summed E-state index contributed by atoms with van der Waals surface area (Å²) >= 11 is 0. The number of hydrogen-bond donors (Lipinski definition) is 2. The Balaban J connectivity index is 1.88. The molecule has 1 atom stereocenters. The van der Waals surface area contributed by atoms with Gasteiger partial charge in [0.1, 0.15) is 5.75 Å². The van der Waals surface area contributed by atoms with E-state index in [0.29, 0.717) is 24.1 Å². The largest absolute Gasteiger partial charge is 0.507 e. The van der Waals surface area contributed by atoms with Gasteiger partial charge in [0.25, 0.3) is 5.91 Å². The van der Waals surface area contributed by atoms with Crippen LogP contribution in [-0.4, -0.2) is 41.6 Å². The number of hydrogen-bond acceptors (Lipinski definition) is 3. The number of carbonyl (C=O) groups excluding carboxylic acids is 1. The highest BCUT2D eigenvalue weighted by Crippen LogP contribution is 2.20. The van der Waals surface area contributed by atoms with Crippen LogP contribution in [0.3, 0.4) is 0 Å². The highest BCUT2D eigenvalue weighted by atomic mass is 16.3. The van der Waals surface area contributed by atoms with Gasteiger partial charge in [0, 0.05) is 19.1 Å². The fourth-order valence-corrected chi connectivity index (χ4v) is 2.66. The van der Waals surface area contributed by atoms with Gasteiger partial charge in [0.05, 0.1) is 5.56 Å². The minimum absolute atomic E-state index is 0.0447. The maximum absolute atomic E-state index is 12.1. The highest BCUT2D eigenvalue weighted by Gasteiger charge is 2.24. The van der Waals surface area contributed by atoms with Gasteiger partial charge in [0.2, 0.25) is 0 Å². The molecule has 1 aliphatic rings. The summed E-state index contributed by atoms with van der Waals surface area (Å²) in [4.78, 5) is 14.5. The average Bonchev–Trinajstić information content (AvgIpc) is 2.88. The lowest BCUT2D eigenvalue weighted by molar-refractivity contribution is 0.0944. The molecule has 1 heterocycles. The molecule has 1 aliphatic heterocycles. The van der Waals surface area contributed by atoms with Crippen LogP contribution in [0.15, 0.2) is 18.2 Å². The molecule has 1 amide bonds. The second-order valence-corrected chi connectivity index (χ2v) is 5.97. The lowest BCUT2D eigenvalue weighted by atomic mass is 10.1. The number of amides is 1. The summed E-state index contributed by atoms with van der Waals surface area (Å²) in [6.45, 7) is 9.13. The molecule has 0 saturated carbocycles. The molecule has 1 aromatic rings. The number of aromatic hydroxyl groups is 1. The van der Waals surface area contributed by atoms with Crippen LogP contribution >= 0.6 is 0 Å². The number of likely N-dealkylation sites (tertiary alicyclic amines) is 1. The molecule has 110 valence electrons. The second kappa shape index (κ2) is 6.27. The second-order valence-electron chi connectivity index (χ2n) is 5.97. The van der Waals surface area contributed by atoms with Crippen LogP contribution in [0.25, 0.3) is 0 Å². The Bertz CT molecular complexity index is 485. The van der Waals surface area contributed by atoms with E-state index in [0.717, 1.165) is 25.1 Å². The van der Waals surface area contributed by atoms with E-state index in [9.17, 15) is 9.90 Å². The molecule has 0 aliphatic carbocycles. The number of carbonyl (C=O) groups is 1. The van der Waals surface area contributed by atoms with Crippen LogP contribution in [-0.2, 0) is 0 Å². The number of nitrogens with one attached hydrogen (secondary N) is 1. The maximum Gasteiger partial charge on any atom is 0.255 e. The summed E-state index contributed by atoms with van der Waals surface area (Å²) in [7, 11) is 0. The number of nitrogens with zero attached hydrogens (tertiary/aromatic N) is 1. The molecule has 4 nitrogen and oxygen atoms in total. The molecule has 0 radical (unpaired) electrons. The third-order valence-corrected chi connectivity index (χ3v) is 4.00. The van der Waals surface area contributed by atoms with Crippen molar-refractivity contribution in [2.75, 3.05) is 19.6 Å². The van der Waals surface area contributed by atoms with Crippen molar-refractivity contribution < 1.29 is 9.90 Å². The van der Waals surface area contributed by atoms with Crippen LogP contribution in [0.2, 0.25) is 0 Å². The molecule has 0 bridgehead atoms. The lowest BCUT2D eigenvalue weighted by Gasteiger charge is -2.20. The summed E-state index contributed by atoms with van der Waals surface area (Å²) in [6, 6.07) is 5.65. The normalized spacial score (nSPS) is 19.5. The Kier molecular flexibility index (Phi) is 4.65. The van der Waals surface area contributed by atoms with E-state index in [-0.39, 0.29) is 11.7 Å². The zero-order valence-corrected chi connectivity index (χ0v) is 12.5. The fraction of sp³-hybridized carbons (Fsp3) is 0.562. The van der Waals surface area contributed by atoms with Crippen molar-refractivity contribution in [3.8, 4) is 5.75 Å². The van der Waals surface area contributed by atoms with Gasteiger partial charge < -0.3 is 15.3 Å². The Morgan fingerprint density at radius 1 is 1.50 bits per heavy atom. The highest BCUT2D eigenvalue weighted by molar-refractivity contribution is 5.96. The molecule has 1 saturated heterocycles. The zero-order valence-electron chi connectivity index (χ0n) is 12.5. The quantitative estimate of drug-likeness (QED) is 0.886. The molecule has 0 aromatic heterocycles. The van der Waals surface area contributed by atoms with E-state index in [1.807, 2.05) is 6.92 Å². The monoisotopic (exact) mass is 276 g/mol. The molecule has 0 spiro atoms. The first-order valence-electron chi connectivity index (χ1n) is 7.29. The smallest absolute Gasteiger partial charge is 0.255 e. The van der Waals surface area contributed by atoms with Gasteiger partial charge in [0.15, 0.2) is 0 Å². The van der Waals surface area contributed by atoms with Crippen LogP contribution in [0, 0.1) is 12.8 Å². The molecule has 2 rings (SSSR count). The van der Waals surface area contributed by atoms with E-state index < -0.39 is 0 Å². The summed E-state index contributed by atoms with van der Waals surface area (Å²) < 4.78 is 0. The van der Waals surface area contributed by atoms with Crippen LogP contribution in [0.1, 0.15) is 36.2 Å². The molecular formula is C16H24N2O2. The Morgan fingerprint density at radius 2 is 2.25 bits per heavy atom. The van der Waals surface area contributed by atoms with E-state index in [1.54, 1.807) is 18.2 Å². The van der Waals surface area contributed by atoms with Crippen LogP contribution < -0.4 is 5.32 Å². The predicted octanol–water partition coefficient (Wildman–Crippen LogP) is 2.16. The minimum Gasteiger partial charge on any atom is -0.507 e. The first-order valence-corrected chi connectivity index (χ1v) is 7.29. The fourth-order valence-electron chi connectivity index (χ4n) is 2.66. The van der Waals surface area contributed by atoms with Crippen molar-refractivity contribution in [3.05, 3.63) is 29.3 Å². The third kappa shape index (κ3) is 3.51. The molecule has 1 aromatic carbocycles. The molecule has 1 unspecified atom stereocenters. The van der Waals surface area contributed by atoms with Gasteiger partial charge in [-0.1, -0.05) is 11.6 Å². The van der Waals surface area contributed by atoms with E-state index in [2.05, 4.69) is 24.1 Å². The van der Waals surface area contributed by atoms with Crippen molar-refractivity contribution in [1.82, 2.24) is 10.2 Å². The summed E-state index contributed by atoms with van der Waals surface area (Å²) in [5.74, 6) is 0.367. The number of rotatable bonds is 4. The van der Waals surface area contributed by atoms with Crippen molar-refractivity contribution in [3.63, 3.8) is 0 Å². The topological polar surface area (TPSA) is 52.6 Å². The van der Waals surface area contributed by atoms with Gasteiger partial charge >= 0.3 is 0 Å². The van der Waals surface area contributed by atoms with Crippen molar-refractivity contribution in [2.24, 2.45) is 5.92 Å². The van der Waals surface area contributed by atoms with E-state index >= 15 is 0 Å². The molecule has 4 heteroatoms. The van der Waals surface area contributed by atoms with Gasteiger partial charge in [-0.2, -0.15) is 0 Å². The Morgan fingerprint density at radius 3 is 2.90 bits per heavy atom. The Hall–Kier alpha value is -1.55. The van der Waals surface area contributed by atoms with E-state index in [1.165, 1.54) is 0 Å². The first kappa shape index (κ1) is 14.9. The van der Waals surface area contributed by atoms with Gasteiger partial charge in [-0.05, 0) is 51.8 Å². The van der Waals surface area contributed by atoms with Gasteiger partial charge in [-0.15, -0.1) is 0 Å². The number of benzene rings is 1. The molecule has 20 heavy (non-hydrogen) atoms. The lowest BCUT2D eigenvalue weighted by Crippen LogP contribution is -2.33. The SMILES string of the molecule is Cc1ccc(O)c(C(=O)NCC2CCN(C(C)C)C2)c1. The van der Waals surface area contributed by atoms with Crippen molar-refractivity contribution in [1.29, 1.82) is 0 Å². The summed E-state index contributed by atoms with van der Waals surface area (Å²) in [5.41, 5.74) is 1.34. The average molecular weight is 276 g/mol. The van der Waals surface area contributed by atoms with Crippen molar-refractivity contribution >= 4 is 5.91 Å². The third-order valence-electron chi connectivity index (χ3n) is 4.00. The number of aryl methyl sites for hydroxylation is 1. The predicted molar refractivity (Wildman–Crippen MR) is 80.0 cm³/mol. The first-order chi connectivity index (χ1) is 9.47. The molecule has 1 fully saturated rings. The zero-order chi connectivity index (χ0) is 14.7. The van der Waals surface area contributed by atoms with Gasteiger partial charge in [-0.25, -0.2) is 0 Å². The minimum atomic E-state index is -0.186. The Labute approximate surface area is 120 Å². The number of phenols is 1. The van der Waals surface area contributed by atoms with Gasteiger partial charge in [-0.3, -0.25) is 4.79 Å².